The number of hydrogen-bond donors (Lipinski definition) is 1. The molecule has 21 heavy (non-hydrogen) atoms. The summed E-state index contributed by atoms with van der Waals surface area (Å²) in [7, 11) is 3.19. The van der Waals surface area contributed by atoms with Gasteiger partial charge in [-0.15, -0.1) is 0 Å². The van der Waals surface area contributed by atoms with Gasteiger partial charge in [-0.3, -0.25) is 4.99 Å². The van der Waals surface area contributed by atoms with Crippen LogP contribution in [0.1, 0.15) is 11.1 Å². The second-order valence-corrected chi connectivity index (χ2v) is 5.70. The zero-order chi connectivity index (χ0) is 15.4. The van der Waals surface area contributed by atoms with Crippen LogP contribution in [0.2, 0.25) is 0 Å². The minimum Gasteiger partial charge on any atom is -0.507 e. The molecule has 0 aromatic heterocycles. The fraction of sp³-hybridized carbons (Fsp3) is 0.188. The highest BCUT2D eigenvalue weighted by Gasteiger charge is 2.06. The minimum atomic E-state index is 0.237. The monoisotopic (exact) mass is 397 g/mol. The Kier molecular flexibility index (Phi) is 5.06. The Hall–Kier alpha value is -1.76. The molecule has 0 saturated heterocycles. The van der Waals surface area contributed by atoms with Crippen molar-refractivity contribution in [3.63, 3.8) is 0 Å². The second kappa shape index (κ2) is 6.80. The summed E-state index contributed by atoms with van der Waals surface area (Å²) in [4.78, 5) is 4.41. The van der Waals surface area contributed by atoms with E-state index in [1.54, 1.807) is 32.6 Å². The minimum absolute atomic E-state index is 0.237. The largest absolute Gasteiger partial charge is 0.507 e. The third-order valence-electron chi connectivity index (χ3n) is 3.02. The van der Waals surface area contributed by atoms with Crippen molar-refractivity contribution < 1.29 is 14.6 Å². The van der Waals surface area contributed by atoms with Crippen LogP contribution in [-0.4, -0.2) is 25.5 Å². The molecule has 5 heteroatoms. The zero-order valence-corrected chi connectivity index (χ0v) is 14.2. The normalized spacial score (nSPS) is 10.9. The molecular weight excluding hydrogens is 381 g/mol. The molecule has 0 saturated carbocycles. The second-order valence-electron chi connectivity index (χ2n) is 4.46. The number of aromatic hydroxyl groups is 1. The van der Waals surface area contributed by atoms with Crippen LogP contribution in [0.25, 0.3) is 0 Å². The highest BCUT2D eigenvalue weighted by molar-refractivity contribution is 14.1. The lowest BCUT2D eigenvalue weighted by atomic mass is 10.1. The Bertz CT molecular complexity index is 683. The van der Waals surface area contributed by atoms with Crippen LogP contribution >= 0.6 is 22.6 Å². The first-order chi connectivity index (χ1) is 10.0. The number of hydrogen-bond acceptors (Lipinski definition) is 4. The van der Waals surface area contributed by atoms with Crippen molar-refractivity contribution in [1.29, 1.82) is 0 Å². The van der Waals surface area contributed by atoms with Crippen molar-refractivity contribution in [3.05, 3.63) is 45.0 Å². The number of benzene rings is 2. The topological polar surface area (TPSA) is 51.0 Å². The van der Waals surface area contributed by atoms with Gasteiger partial charge in [-0.2, -0.15) is 0 Å². The molecule has 0 aliphatic carbocycles. The predicted octanol–water partition coefficient (Wildman–Crippen LogP) is 4.07. The van der Waals surface area contributed by atoms with E-state index in [1.807, 2.05) is 25.1 Å². The predicted molar refractivity (Wildman–Crippen MR) is 92.4 cm³/mol. The van der Waals surface area contributed by atoms with Crippen molar-refractivity contribution in [1.82, 2.24) is 0 Å². The van der Waals surface area contributed by atoms with Gasteiger partial charge in [0.2, 0.25) is 0 Å². The summed E-state index contributed by atoms with van der Waals surface area (Å²) in [6, 6.07) is 9.18. The number of ether oxygens (including phenoxy) is 2. The summed E-state index contributed by atoms with van der Waals surface area (Å²) in [6.45, 7) is 1.86. The van der Waals surface area contributed by atoms with E-state index >= 15 is 0 Å². The Morgan fingerprint density at radius 1 is 1.14 bits per heavy atom. The first-order valence-electron chi connectivity index (χ1n) is 6.30. The van der Waals surface area contributed by atoms with Gasteiger partial charge < -0.3 is 14.6 Å². The number of nitrogens with zero attached hydrogens (tertiary/aromatic N) is 1. The summed E-state index contributed by atoms with van der Waals surface area (Å²) in [6.07, 6.45) is 1.63. The molecule has 0 aliphatic rings. The molecule has 0 atom stereocenters. The first-order valence-corrected chi connectivity index (χ1v) is 7.38. The molecule has 4 nitrogen and oxygen atoms in total. The maximum Gasteiger partial charge on any atom is 0.144 e. The Morgan fingerprint density at radius 2 is 1.90 bits per heavy atom. The van der Waals surface area contributed by atoms with Crippen LogP contribution < -0.4 is 9.47 Å². The van der Waals surface area contributed by atoms with E-state index in [4.69, 9.17) is 9.47 Å². The summed E-state index contributed by atoms with van der Waals surface area (Å²) >= 11 is 2.21. The van der Waals surface area contributed by atoms with E-state index in [-0.39, 0.29) is 5.75 Å². The van der Waals surface area contributed by atoms with E-state index in [0.717, 1.165) is 9.13 Å². The Labute approximate surface area is 137 Å². The number of rotatable bonds is 4. The molecule has 0 aliphatic heterocycles. The van der Waals surface area contributed by atoms with Gasteiger partial charge in [0.1, 0.15) is 22.9 Å². The SMILES string of the molecule is COc1ccc(OC)c(N=Cc2cc(I)cc(C)c2O)c1. The van der Waals surface area contributed by atoms with E-state index in [1.165, 1.54) is 0 Å². The highest BCUT2D eigenvalue weighted by Crippen LogP contribution is 2.32. The van der Waals surface area contributed by atoms with Crippen LogP contribution in [0.3, 0.4) is 0 Å². The maximum atomic E-state index is 10.1. The number of aliphatic imine (C=N–C) groups is 1. The van der Waals surface area contributed by atoms with Crippen molar-refractivity contribution >= 4 is 34.5 Å². The molecule has 0 unspecified atom stereocenters. The van der Waals surface area contributed by atoms with Crippen LogP contribution in [0, 0.1) is 10.5 Å². The van der Waals surface area contributed by atoms with Gasteiger partial charge in [-0.05, 0) is 59.3 Å². The third kappa shape index (κ3) is 3.66. The molecule has 0 spiro atoms. The molecule has 0 bridgehead atoms. The van der Waals surface area contributed by atoms with E-state index in [9.17, 15) is 5.11 Å². The third-order valence-corrected chi connectivity index (χ3v) is 3.65. The molecule has 0 amide bonds. The molecule has 1 N–H and O–H groups in total. The average Bonchev–Trinajstić information content (AvgIpc) is 2.49. The summed E-state index contributed by atoms with van der Waals surface area (Å²) < 4.78 is 11.5. The van der Waals surface area contributed by atoms with Crippen molar-refractivity contribution in [2.75, 3.05) is 14.2 Å². The van der Waals surface area contributed by atoms with Crippen LogP contribution in [0.15, 0.2) is 35.3 Å². The number of phenolic OH excluding ortho intramolecular Hbond substituents is 1. The molecule has 2 aromatic carbocycles. The van der Waals surface area contributed by atoms with Crippen LogP contribution in [0.5, 0.6) is 17.2 Å². The number of methoxy groups -OCH3 is 2. The Balaban J connectivity index is 2.41. The summed E-state index contributed by atoms with van der Waals surface area (Å²) in [5.41, 5.74) is 2.14. The quantitative estimate of drug-likeness (QED) is 0.625. The zero-order valence-electron chi connectivity index (χ0n) is 12.1. The average molecular weight is 397 g/mol. The first kappa shape index (κ1) is 15.6. The van der Waals surface area contributed by atoms with Gasteiger partial charge in [0, 0.05) is 21.4 Å². The fourth-order valence-electron chi connectivity index (χ4n) is 1.90. The van der Waals surface area contributed by atoms with Gasteiger partial charge in [0.15, 0.2) is 0 Å². The van der Waals surface area contributed by atoms with E-state index in [2.05, 4.69) is 27.6 Å². The van der Waals surface area contributed by atoms with Crippen LogP contribution in [-0.2, 0) is 0 Å². The molecule has 110 valence electrons. The van der Waals surface area contributed by atoms with Crippen molar-refractivity contribution in [3.8, 4) is 17.2 Å². The Morgan fingerprint density at radius 3 is 2.57 bits per heavy atom. The summed E-state index contributed by atoms with van der Waals surface area (Å²) in [5, 5.41) is 10.1. The van der Waals surface area contributed by atoms with E-state index in [0.29, 0.717) is 22.7 Å². The molecule has 2 aromatic rings. The number of phenols is 1. The molecular formula is C16H16INO3. The van der Waals surface area contributed by atoms with E-state index < -0.39 is 0 Å². The van der Waals surface area contributed by atoms with Crippen LogP contribution in [0.4, 0.5) is 5.69 Å². The maximum absolute atomic E-state index is 10.1. The highest BCUT2D eigenvalue weighted by atomic mass is 127. The van der Waals surface area contributed by atoms with Crippen molar-refractivity contribution in [2.24, 2.45) is 4.99 Å². The lowest BCUT2D eigenvalue weighted by molar-refractivity contribution is 0.404. The lowest BCUT2D eigenvalue weighted by Crippen LogP contribution is -1.89. The van der Waals surface area contributed by atoms with Gasteiger partial charge in [-0.1, -0.05) is 0 Å². The van der Waals surface area contributed by atoms with Gasteiger partial charge >= 0.3 is 0 Å². The number of halogens is 1. The molecule has 2 rings (SSSR count). The fourth-order valence-corrected chi connectivity index (χ4v) is 2.70. The molecule has 0 heterocycles. The standard InChI is InChI=1S/C16H16INO3/c1-10-6-12(17)7-11(16(10)19)9-18-14-8-13(20-2)4-5-15(14)21-3/h4-9,19H,1-3H3. The van der Waals surface area contributed by atoms with Gasteiger partial charge in [0.25, 0.3) is 0 Å². The molecule has 0 radical (unpaired) electrons. The van der Waals surface area contributed by atoms with Gasteiger partial charge in [0.05, 0.1) is 14.2 Å². The molecule has 0 fully saturated rings. The number of aryl methyl sites for hydroxylation is 1. The smallest absolute Gasteiger partial charge is 0.144 e. The van der Waals surface area contributed by atoms with Crippen molar-refractivity contribution in [2.45, 2.75) is 6.92 Å². The van der Waals surface area contributed by atoms with Gasteiger partial charge in [-0.25, -0.2) is 0 Å². The lowest BCUT2D eigenvalue weighted by Gasteiger charge is -2.07. The summed E-state index contributed by atoms with van der Waals surface area (Å²) in [5.74, 6) is 1.58.